The monoisotopic (exact) mass is 365 g/mol. The molecule has 128 valence electrons. The third kappa shape index (κ3) is 3.23. The van der Waals surface area contributed by atoms with Crippen molar-refractivity contribution in [2.24, 2.45) is 0 Å². The molecule has 0 saturated heterocycles. The Bertz CT molecular complexity index is 985. The van der Waals surface area contributed by atoms with E-state index in [1.807, 2.05) is 0 Å². The van der Waals surface area contributed by atoms with Crippen molar-refractivity contribution >= 4 is 34.2 Å². The number of benzene rings is 1. The SMILES string of the molecule is C=CC(=O)Nc1cnc2c(c1)c(-c1ccc(F)c(Cl)c1)cn2C(F)F. The summed E-state index contributed by atoms with van der Waals surface area (Å²) < 4.78 is 40.7. The third-order valence-corrected chi connectivity index (χ3v) is 3.85. The van der Waals surface area contributed by atoms with Gasteiger partial charge in [0, 0.05) is 17.1 Å². The first-order valence-corrected chi connectivity index (χ1v) is 7.46. The molecule has 1 N–H and O–H groups in total. The minimum atomic E-state index is -2.81. The first-order chi connectivity index (χ1) is 11.9. The fourth-order valence-electron chi connectivity index (χ4n) is 2.44. The molecule has 2 aromatic heterocycles. The van der Waals surface area contributed by atoms with Crippen LogP contribution >= 0.6 is 11.6 Å². The van der Waals surface area contributed by atoms with Gasteiger partial charge in [-0.1, -0.05) is 24.2 Å². The molecular weight excluding hydrogens is 355 g/mol. The Hall–Kier alpha value is -2.80. The van der Waals surface area contributed by atoms with Crippen LogP contribution in [-0.4, -0.2) is 15.5 Å². The van der Waals surface area contributed by atoms with E-state index in [-0.39, 0.29) is 10.7 Å². The van der Waals surface area contributed by atoms with E-state index in [2.05, 4.69) is 16.9 Å². The summed E-state index contributed by atoms with van der Waals surface area (Å²) in [5.41, 5.74) is 1.19. The van der Waals surface area contributed by atoms with Crippen molar-refractivity contribution in [3.8, 4) is 11.1 Å². The molecule has 0 atom stereocenters. The molecule has 4 nitrogen and oxygen atoms in total. The van der Waals surface area contributed by atoms with E-state index < -0.39 is 18.3 Å². The van der Waals surface area contributed by atoms with Gasteiger partial charge >= 0.3 is 6.55 Å². The number of alkyl halides is 2. The number of pyridine rings is 1. The molecular formula is C17H11ClF3N3O. The summed E-state index contributed by atoms with van der Waals surface area (Å²) in [7, 11) is 0. The number of nitrogens with zero attached hydrogens (tertiary/aromatic N) is 2. The molecule has 25 heavy (non-hydrogen) atoms. The summed E-state index contributed by atoms with van der Waals surface area (Å²) in [6.45, 7) is 0.532. The average molecular weight is 366 g/mol. The highest BCUT2D eigenvalue weighted by Crippen LogP contribution is 2.35. The fourth-order valence-corrected chi connectivity index (χ4v) is 2.62. The highest BCUT2D eigenvalue weighted by Gasteiger charge is 2.18. The highest BCUT2D eigenvalue weighted by atomic mass is 35.5. The Balaban J connectivity index is 2.21. The Morgan fingerprint density at radius 1 is 1.36 bits per heavy atom. The van der Waals surface area contributed by atoms with E-state index in [9.17, 15) is 18.0 Å². The summed E-state index contributed by atoms with van der Waals surface area (Å²) in [6.07, 6.45) is 3.56. The Labute approximate surface area is 145 Å². The maximum Gasteiger partial charge on any atom is 0.320 e. The Morgan fingerprint density at radius 2 is 2.12 bits per heavy atom. The molecule has 0 fully saturated rings. The van der Waals surface area contributed by atoms with E-state index in [1.165, 1.54) is 30.6 Å². The van der Waals surface area contributed by atoms with Gasteiger partial charge in [-0.05, 0) is 29.8 Å². The van der Waals surface area contributed by atoms with Crippen LogP contribution in [0.5, 0.6) is 0 Å². The highest BCUT2D eigenvalue weighted by molar-refractivity contribution is 6.31. The number of carbonyl (C=O) groups is 1. The molecule has 8 heteroatoms. The van der Waals surface area contributed by atoms with E-state index in [1.54, 1.807) is 0 Å². The van der Waals surface area contributed by atoms with Gasteiger partial charge < -0.3 is 5.32 Å². The second-order valence-corrected chi connectivity index (χ2v) is 5.55. The van der Waals surface area contributed by atoms with Crippen molar-refractivity contribution < 1.29 is 18.0 Å². The summed E-state index contributed by atoms with van der Waals surface area (Å²) in [5, 5.41) is 2.76. The lowest BCUT2D eigenvalue weighted by molar-refractivity contribution is -0.111. The van der Waals surface area contributed by atoms with E-state index >= 15 is 0 Å². The van der Waals surface area contributed by atoms with Crippen LogP contribution in [0.15, 0.2) is 49.3 Å². The molecule has 1 amide bonds. The molecule has 1 aromatic carbocycles. The van der Waals surface area contributed by atoms with Crippen molar-refractivity contribution in [3.63, 3.8) is 0 Å². The first kappa shape index (κ1) is 17.0. The van der Waals surface area contributed by atoms with Gasteiger partial charge in [-0.3, -0.25) is 9.36 Å². The second-order valence-electron chi connectivity index (χ2n) is 5.15. The predicted octanol–water partition coefficient (Wildman–Crippen LogP) is 5.02. The molecule has 0 bridgehead atoms. The summed E-state index contributed by atoms with van der Waals surface area (Å²) in [5.74, 6) is -1.07. The number of hydrogen-bond donors (Lipinski definition) is 1. The maximum atomic E-state index is 13.4. The van der Waals surface area contributed by atoms with Gasteiger partial charge in [0.05, 0.1) is 16.9 Å². The summed E-state index contributed by atoms with van der Waals surface area (Å²) in [6, 6.07) is 5.44. The number of rotatable bonds is 4. The van der Waals surface area contributed by atoms with E-state index in [4.69, 9.17) is 11.6 Å². The van der Waals surface area contributed by atoms with Crippen LogP contribution in [0.25, 0.3) is 22.2 Å². The van der Waals surface area contributed by atoms with E-state index in [0.717, 1.165) is 12.1 Å². The van der Waals surface area contributed by atoms with E-state index in [0.29, 0.717) is 26.8 Å². The van der Waals surface area contributed by atoms with Gasteiger partial charge in [0.25, 0.3) is 0 Å². The lowest BCUT2D eigenvalue weighted by Crippen LogP contribution is -2.07. The average Bonchev–Trinajstić information content (AvgIpc) is 2.96. The molecule has 0 radical (unpaired) electrons. The van der Waals surface area contributed by atoms with Gasteiger partial charge in [-0.25, -0.2) is 9.37 Å². The van der Waals surface area contributed by atoms with Crippen LogP contribution in [0, 0.1) is 5.82 Å². The minimum absolute atomic E-state index is 0.0297. The standard InChI is InChI=1S/C17H11ClF3N3O/c1-2-15(25)23-10-6-11-12(9-3-4-14(19)13(18)5-9)8-24(17(20)21)16(11)22-7-10/h2-8,17H,1H2,(H,23,25). The first-order valence-electron chi connectivity index (χ1n) is 7.08. The van der Waals surface area contributed by atoms with Crippen LogP contribution in [-0.2, 0) is 4.79 Å². The van der Waals surface area contributed by atoms with Crippen LogP contribution in [0.3, 0.4) is 0 Å². The predicted molar refractivity (Wildman–Crippen MR) is 90.2 cm³/mol. The number of aromatic nitrogens is 2. The molecule has 0 saturated carbocycles. The number of carbonyl (C=O) groups excluding carboxylic acids is 1. The van der Waals surface area contributed by atoms with Gasteiger partial charge in [-0.15, -0.1) is 0 Å². The molecule has 0 aliphatic carbocycles. The van der Waals surface area contributed by atoms with Gasteiger partial charge in [0.1, 0.15) is 11.5 Å². The lowest BCUT2D eigenvalue weighted by atomic mass is 10.1. The van der Waals surface area contributed by atoms with Gasteiger partial charge in [-0.2, -0.15) is 8.78 Å². The molecule has 0 aliphatic heterocycles. The normalized spacial score (nSPS) is 11.1. The van der Waals surface area contributed by atoms with Crippen molar-refractivity contribution in [2.75, 3.05) is 5.32 Å². The van der Waals surface area contributed by atoms with Crippen molar-refractivity contribution in [1.82, 2.24) is 9.55 Å². The number of halogens is 4. The number of nitrogens with one attached hydrogen (secondary N) is 1. The minimum Gasteiger partial charge on any atom is -0.321 e. The zero-order valence-electron chi connectivity index (χ0n) is 12.6. The zero-order chi connectivity index (χ0) is 18.1. The summed E-state index contributed by atoms with van der Waals surface area (Å²) >= 11 is 5.79. The van der Waals surface area contributed by atoms with Gasteiger partial charge in [0.15, 0.2) is 0 Å². The van der Waals surface area contributed by atoms with Crippen LogP contribution in [0.4, 0.5) is 18.9 Å². The number of hydrogen-bond acceptors (Lipinski definition) is 2. The Morgan fingerprint density at radius 3 is 2.76 bits per heavy atom. The molecule has 2 heterocycles. The summed E-state index contributed by atoms with van der Waals surface area (Å²) in [4.78, 5) is 15.4. The smallest absolute Gasteiger partial charge is 0.320 e. The van der Waals surface area contributed by atoms with Crippen molar-refractivity contribution in [1.29, 1.82) is 0 Å². The number of fused-ring (bicyclic) bond motifs is 1. The van der Waals surface area contributed by atoms with Crippen LogP contribution in [0.2, 0.25) is 5.02 Å². The maximum absolute atomic E-state index is 13.4. The van der Waals surface area contributed by atoms with Crippen LogP contribution in [0.1, 0.15) is 6.55 Å². The quantitative estimate of drug-likeness (QED) is 0.660. The Kier molecular flexibility index (Phi) is 4.50. The number of amides is 1. The van der Waals surface area contributed by atoms with Crippen molar-refractivity contribution in [2.45, 2.75) is 6.55 Å². The second kappa shape index (κ2) is 6.60. The molecule has 0 unspecified atom stereocenters. The molecule has 3 aromatic rings. The zero-order valence-corrected chi connectivity index (χ0v) is 13.4. The molecule has 0 aliphatic rings. The van der Waals surface area contributed by atoms with Crippen LogP contribution < -0.4 is 5.32 Å². The molecule has 3 rings (SSSR count). The lowest BCUT2D eigenvalue weighted by Gasteiger charge is -2.05. The third-order valence-electron chi connectivity index (χ3n) is 3.56. The largest absolute Gasteiger partial charge is 0.321 e. The molecule has 0 spiro atoms. The van der Waals surface area contributed by atoms with Gasteiger partial charge in [0.2, 0.25) is 5.91 Å². The fraction of sp³-hybridized carbons (Fsp3) is 0.0588. The van der Waals surface area contributed by atoms with Crippen molar-refractivity contribution in [3.05, 3.63) is 60.2 Å². The topological polar surface area (TPSA) is 46.9 Å². The number of anilines is 1.